The minimum Gasteiger partial charge on any atom is -0.468 e. The molecule has 3 aromatic heterocycles. The van der Waals surface area contributed by atoms with E-state index in [9.17, 15) is 13.2 Å². The lowest BCUT2D eigenvalue weighted by atomic mass is 10.3. The predicted molar refractivity (Wildman–Crippen MR) is 71.7 cm³/mol. The first kappa shape index (κ1) is 14.9. The van der Waals surface area contributed by atoms with Gasteiger partial charge in [-0.3, -0.25) is 0 Å². The van der Waals surface area contributed by atoms with E-state index in [1.54, 1.807) is 18.2 Å². The summed E-state index contributed by atoms with van der Waals surface area (Å²) in [6, 6.07) is 6.39. The van der Waals surface area contributed by atoms with Crippen LogP contribution in [0, 0.1) is 0 Å². The van der Waals surface area contributed by atoms with Gasteiger partial charge in [0, 0.05) is 18.8 Å². The van der Waals surface area contributed by atoms with E-state index in [0.717, 1.165) is 5.56 Å². The number of rotatable bonds is 5. The molecule has 0 fully saturated rings. The van der Waals surface area contributed by atoms with Gasteiger partial charge >= 0.3 is 6.18 Å². The third-order valence-corrected chi connectivity index (χ3v) is 2.72. The highest BCUT2D eigenvalue weighted by atomic mass is 19.4. The van der Waals surface area contributed by atoms with Crippen molar-refractivity contribution >= 4 is 11.5 Å². The predicted octanol–water partition coefficient (Wildman–Crippen LogP) is 1.47. The molecule has 3 rings (SSSR count). The zero-order chi connectivity index (χ0) is 16.3. The highest BCUT2D eigenvalue weighted by Crippen LogP contribution is 2.17. The van der Waals surface area contributed by atoms with Crippen molar-refractivity contribution < 1.29 is 17.9 Å². The van der Waals surface area contributed by atoms with E-state index >= 15 is 0 Å². The zero-order valence-corrected chi connectivity index (χ0v) is 11.5. The smallest absolute Gasteiger partial charge is 0.422 e. The maximum atomic E-state index is 12.0. The van der Waals surface area contributed by atoms with Gasteiger partial charge in [-0.15, -0.1) is 14.8 Å². The van der Waals surface area contributed by atoms with Crippen LogP contribution in [0.25, 0.3) is 5.65 Å². The third-order valence-electron chi connectivity index (χ3n) is 2.72. The molecule has 0 aliphatic rings. The third kappa shape index (κ3) is 4.02. The van der Waals surface area contributed by atoms with Crippen LogP contribution in [-0.2, 0) is 6.54 Å². The number of anilines is 1. The van der Waals surface area contributed by atoms with Crippen molar-refractivity contribution in [2.75, 3.05) is 11.9 Å². The van der Waals surface area contributed by atoms with Gasteiger partial charge in [0.1, 0.15) is 5.82 Å². The first-order valence-corrected chi connectivity index (χ1v) is 6.43. The number of tetrazole rings is 1. The molecule has 3 aromatic rings. The Morgan fingerprint density at radius 1 is 1.17 bits per heavy atom. The molecule has 0 aromatic carbocycles. The van der Waals surface area contributed by atoms with Crippen LogP contribution in [0.4, 0.5) is 19.0 Å². The van der Waals surface area contributed by atoms with Gasteiger partial charge in [0.15, 0.2) is 12.3 Å². The van der Waals surface area contributed by atoms with Crippen LogP contribution in [0.5, 0.6) is 5.88 Å². The second-order valence-electron chi connectivity index (χ2n) is 4.51. The number of alkyl halides is 3. The summed E-state index contributed by atoms with van der Waals surface area (Å²) in [6.45, 7) is -0.985. The van der Waals surface area contributed by atoms with E-state index in [2.05, 4.69) is 35.7 Å². The van der Waals surface area contributed by atoms with Crippen LogP contribution >= 0.6 is 0 Å². The molecule has 11 heteroatoms. The van der Waals surface area contributed by atoms with Crippen LogP contribution < -0.4 is 10.1 Å². The van der Waals surface area contributed by atoms with E-state index in [0.29, 0.717) is 18.0 Å². The average molecular weight is 325 g/mol. The van der Waals surface area contributed by atoms with Gasteiger partial charge < -0.3 is 10.1 Å². The van der Waals surface area contributed by atoms with E-state index < -0.39 is 12.8 Å². The Hall–Kier alpha value is -2.98. The normalized spacial score (nSPS) is 11.6. The number of pyridine rings is 1. The molecule has 0 saturated heterocycles. The Labute approximate surface area is 127 Å². The molecule has 0 bridgehead atoms. The Bertz CT molecular complexity index is 787. The molecule has 0 atom stereocenters. The fourth-order valence-corrected chi connectivity index (χ4v) is 1.69. The number of nitrogens with zero attached hydrogens (tertiary/aromatic N) is 6. The fourth-order valence-electron chi connectivity index (χ4n) is 1.69. The monoisotopic (exact) mass is 325 g/mol. The van der Waals surface area contributed by atoms with Gasteiger partial charge in [-0.05, 0) is 28.1 Å². The van der Waals surface area contributed by atoms with Gasteiger partial charge in [0.2, 0.25) is 5.88 Å². The highest BCUT2D eigenvalue weighted by Gasteiger charge is 2.28. The lowest BCUT2D eigenvalue weighted by molar-refractivity contribution is -0.154. The fraction of sp³-hybridized carbons (Fsp3) is 0.250. The molecular weight excluding hydrogens is 315 g/mol. The molecular formula is C12H10F3N7O. The summed E-state index contributed by atoms with van der Waals surface area (Å²) in [5.74, 6) is 0.460. The van der Waals surface area contributed by atoms with Gasteiger partial charge in [-0.1, -0.05) is 6.07 Å². The van der Waals surface area contributed by atoms with Crippen LogP contribution in [0.2, 0.25) is 0 Å². The van der Waals surface area contributed by atoms with E-state index in [1.807, 2.05) is 0 Å². The summed E-state index contributed by atoms with van der Waals surface area (Å²) < 4.78 is 41.9. The zero-order valence-electron chi connectivity index (χ0n) is 11.5. The van der Waals surface area contributed by atoms with Gasteiger partial charge in [-0.25, -0.2) is 4.98 Å². The largest absolute Gasteiger partial charge is 0.468 e. The van der Waals surface area contributed by atoms with E-state index in [-0.39, 0.29) is 5.88 Å². The standard InChI is InChI=1S/C12H10F3N7O/c13-12(14,15)7-23-11-4-1-8(6-17-11)5-16-9-2-3-10-18-20-21-22(10)19-9/h1-4,6H,5,7H2,(H,16,19). The molecule has 0 unspecified atom stereocenters. The van der Waals surface area contributed by atoms with Crippen molar-refractivity contribution in [1.82, 2.24) is 30.2 Å². The maximum absolute atomic E-state index is 12.0. The molecule has 0 aliphatic heterocycles. The number of ether oxygens (including phenoxy) is 1. The van der Waals surface area contributed by atoms with Crippen LogP contribution in [0.15, 0.2) is 30.5 Å². The molecule has 0 saturated carbocycles. The van der Waals surface area contributed by atoms with Crippen LogP contribution in [0.3, 0.4) is 0 Å². The highest BCUT2D eigenvalue weighted by molar-refractivity contribution is 5.42. The number of fused-ring (bicyclic) bond motifs is 1. The summed E-state index contributed by atoms with van der Waals surface area (Å²) in [5.41, 5.74) is 1.27. The maximum Gasteiger partial charge on any atom is 0.422 e. The van der Waals surface area contributed by atoms with Crippen molar-refractivity contribution in [2.45, 2.75) is 12.7 Å². The molecule has 120 valence electrons. The molecule has 0 amide bonds. The Kier molecular flexibility index (Phi) is 3.91. The van der Waals surface area contributed by atoms with Crippen molar-refractivity contribution in [3.05, 3.63) is 36.0 Å². The Morgan fingerprint density at radius 2 is 2.04 bits per heavy atom. The summed E-state index contributed by atoms with van der Waals surface area (Å²) in [5, 5.41) is 18.0. The lowest BCUT2D eigenvalue weighted by Gasteiger charge is -2.09. The summed E-state index contributed by atoms with van der Waals surface area (Å²) in [4.78, 5) is 3.82. The van der Waals surface area contributed by atoms with Crippen molar-refractivity contribution in [1.29, 1.82) is 0 Å². The summed E-state index contributed by atoms with van der Waals surface area (Å²) >= 11 is 0. The molecule has 1 N–H and O–H groups in total. The van der Waals surface area contributed by atoms with Crippen LogP contribution in [-0.4, -0.2) is 43.0 Å². The molecule has 23 heavy (non-hydrogen) atoms. The first-order valence-electron chi connectivity index (χ1n) is 6.43. The second kappa shape index (κ2) is 6.02. The number of hydrogen-bond donors (Lipinski definition) is 1. The van der Waals surface area contributed by atoms with Crippen LogP contribution in [0.1, 0.15) is 5.56 Å². The van der Waals surface area contributed by atoms with Gasteiger partial charge in [0.05, 0.1) is 0 Å². The number of aromatic nitrogens is 6. The lowest BCUT2D eigenvalue weighted by Crippen LogP contribution is -2.19. The first-order chi connectivity index (χ1) is 11.0. The molecule has 0 aliphatic carbocycles. The van der Waals surface area contributed by atoms with E-state index in [1.165, 1.54) is 16.9 Å². The van der Waals surface area contributed by atoms with Gasteiger partial charge in [0.25, 0.3) is 0 Å². The number of halogens is 3. The molecule has 0 spiro atoms. The van der Waals surface area contributed by atoms with Crippen molar-refractivity contribution in [3.8, 4) is 5.88 Å². The SMILES string of the molecule is FC(F)(F)COc1ccc(CNc2ccc3nnnn3n2)cn1. The average Bonchev–Trinajstić information content (AvgIpc) is 2.99. The molecule has 0 radical (unpaired) electrons. The number of hydrogen-bond acceptors (Lipinski definition) is 7. The summed E-state index contributed by atoms with van der Waals surface area (Å²) in [6.07, 6.45) is -2.96. The van der Waals surface area contributed by atoms with E-state index in [4.69, 9.17) is 0 Å². The quantitative estimate of drug-likeness (QED) is 0.759. The van der Waals surface area contributed by atoms with Crippen molar-refractivity contribution in [2.24, 2.45) is 0 Å². The second-order valence-corrected chi connectivity index (χ2v) is 4.51. The Morgan fingerprint density at radius 3 is 2.78 bits per heavy atom. The number of nitrogens with one attached hydrogen (secondary N) is 1. The molecule has 8 nitrogen and oxygen atoms in total. The Balaban J connectivity index is 1.57. The topological polar surface area (TPSA) is 90.1 Å². The van der Waals surface area contributed by atoms with Gasteiger partial charge in [-0.2, -0.15) is 13.2 Å². The minimum absolute atomic E-state index is 0.0840. The molecule has 3 heterocycles. The van der Waals surface area contributed by atoms with Crippen molar-refractivity contribution in [3.63, 3.8) is 0 Å². The minimum atomic E-state index is -4.39. The summed E-state index contributed by atoms with van der Waals surface area (Å²) in [7, 11) is 0.